The molecule has 0 fully saturated rings. The van der Waals surface area contributed by atoms with Gasteiger partial charge in [-0.1, -0.05) is 29.4 Å². The van der Waals surface area contributed by atoms with E-state index in [2.05, 4.69) is 28.8 Å². The van der Waals surface area contributed by atoms with Crippen molar-refractivity contribution in [3.05, 3.63) is 101 Å². The molecular weight excluding hydrogens is 468 g/mol. The van der Waals surface area contributed by atoms with Gasteiger partial charge in [-0.2, -0.15) is 0 Å². The number of rotatable bonds is 9. The molecule has 0 N–H and O–H groups in total. The first-order chi connectivity index (χ1) is 17.9. The molecule has 0 aliphatic carbocycles. The smallest absolute Gasteiger partial charge is 0.337 e. The van der Waals surface area contributed by atoms with Crippen LogP contribution in [0.5, 0.6) is 11.5 Å². The molecule has 1 heterocycles. The Bertz CT molecular complexity index is 1400. The minimum absolute atomic E-state index is 0.278. The number of ether oxygens (including phenoxy) is 3. The zero-order chi connectivity index (χ0) is 26.4. The minimum atomic E-state index is -0.370. The standard InChI is InChI=1S/C30H30N2O5/c1-20(31-37-19-22-9-11-23(12-10-22)30(33)36-5)28-18-29(24-7-6-8-27(17-24)35-4)32(21(28)2)25-13-15-26(34-3)16-14-25/h6-18H,19H2,1-5H3. The van der Waals surface area contributed by atoms with Gasteiger partial charge in [-0.3, -0.25) is 0 Å². The van der Waals surface area contributed by atoms with E-state index >= 15 is 0 Å². The normalized spacial score (nSPS) is 11.2. The molecule has 190 valence electrons. The Morgan fingerprint density at radius 1 is 0.865 bits per heavy atom. The lowest BCUT2D eigenvalue weighted by Gasteiger charge is -2.13. The number of carbonyl (C=O) groups is 1. The van der Waals surface area contributed by atoms with Crippen LogP contribution in [0.1, 0.15) is 34.1 Å². The summed E-state index contributed by atoms with van der Waals surface area (Å²) in [6, 6.07) is 25.1. The Morgan fingerprint density at radius 3 is 2.22 bits per heavy atom. The van der Waals surface area contributed by atoms with Crippen LogP contribution in [0.3, 0.4) is 0 Å². The average molecular weight is 499 g/mol. The Labute approximate surface area is 216 Å². The highest BCUT2D eigenvalue weighted by molar-refractivity contribution is 6.01. The maximum absolute atomic E-state index is 11.6. The molecule has 37 heavy (non-hydrogen) atoms. The summed E-state index contributed by atoms with van der Waals surface area (Å²) in [5.74, 6) is 1.21. The first-order valence-electron chi connectivity index (χ1n) is 11.8. The number of oxime groups is 1. The highest BCUT2D eigenvalue weighted by atomic mass is 16.6. The molecule has 0 aliphatic rings. The van der Waals surface area contributed by atoms with Gasteiger partial charge in [-0.25, -0.2) is 4.79 Å². The van der Waals surface area contributed by atoms with Gasteiger partial charge in [-0.05, 0) is 74.0 Å². The van der Waals surface area contributed by atoms with E-state index in [0.29, 0.717) is 5.56 Å². The number of hydrogen-bond acceptors (Lipinski definition) is 6. The van der Waals surface area contributed by atoms with Crippen LogP contribution >= 0.6 is 0 Å². The van der Waals surface area contributed by atoms with Crippen molar-refractivity contribution in [3.8, 4) is 28.4 Å². The second-order valence-electron chi connectivity index (χ2n) is 8.43. The fraction of sp³-hybridized carbons (Fsp3) is 0.200. The van der Waals surface area contributed by atoms with E-state index in [0.717, 1.165) is 51.0 Å². The molecule has 0 bridgehead atoms. The number of carbonyl (C=O) groups excluding carboxylic acids is 1. The summed E-state index contributed by atoms with van der Waals surface area (Å²) in [7, 11) is 4.68. The lowest BCUT2D eigenvalue weighted by molar-refractivity contribution is 0.0600. The summed E-state index contributed by atoms with van der Waals surface area (Å²) in [6.45, 7) is 4.27. The second kappa shape index (κ2) is 11.5. The van der Waals surface area contributed by atoms with E-state index in [1.54, 1.807) is 26.4 Å². The highest BCUT2D eigenvalue weighted by Crippen LogP contribution is 2.32. The van der Waals surface area contributed by atoms with E-state index in [4.69, 9.17) is 19.0 Å². The third kappa shape index (κ3) is 5.67. The van der Waals surface area contributed by atoms with E-state index in [1.165, 1.54) is 7.11 Å². The summed E-state index contributed by atoms with van der Waals surface area (Å²) in [5, 5.41) is 4.39. The van der Waals surface area contributed by atoms with Crippen LogP contribution in [-0.4, -0.2) is 37.6 Å². The molecule has 7 heteroatoms. The van der Waals surface area contributed by atoms with Crippen molar-refractivity contribution in [1.82, 2.24) is 4.57 Å². The molecule has 0 spiro atoms. The van der Waals surface area contributed by atoms with Crippen LogP contribution in [0.15, 0.2) is 84.0 Å². The number of aromatic nitrogens is 1. The van der Waals surface area contributed by atoms with Gasteiger partial charge in [-0.15, -0.1) is 0 Å². The molecule has 0 saturated heterocycles. The Hall–Kier alpha value is -4.52. The van der Waals surface area contributed by atoms with Crippen molar-refractivity contribution in [2.45, 2.75) is 20.5 Å². The van der Waals surface area contributed by atoms with Gasteiger partial charge in [0.25, 0.3) is 0 Å². The van der Waals surface area contributed by atoms with Crippen LogP contribution in [0.4, 0.5) is 0 Å². The maximum atomic E-state index is 11.6. The SMILES string of the molecule is COC(=O)c1ccc(CON=C(C)c2cc(-c3cccc(OC)c3)n(-c3ccc(OC)cc3)c2C)cc1. The molecule has 0 amide bonds. The molecule has 0 saturated carbocycles. The van der Waals surface area contributed by atoms with E-state index in [1.807, 2.05) is 61.5 Å². The lowest BCUT2D eigenvalue weighted by atomic mass is 10.1. The third-order valence-electron chi connectivity index (χ3n) is 6.14. The summed E-state index contributed by atoms with van der Waals surface area (Å²) in [6.07, 6.45) is 0. The Morgan fingerprint density at radius 2 is 1.57 bits per heavy atom. The van der Waals surface area contributed by atoms with Crippen molar-refractivity contribution in [2.24, 2.45) is 5.16 Å². The summed E-state index contributed by atoms with van der Waals surface area (Å²) >= 11 is 0. The maximum Gasteiger partial charge on any atom is 0.337 e. The van der Waals surface area contributed by atoms with Crippen LogP contribution in [0.2, 0.25) is 0 Å². The fourth-order valence-corrected chi connectivity index (χ4v) is 4.14. The predicted molar refractivity (Wildman–Crippen MR) is 144 cm³/mol. The van der Waals surface area contributed by atoms with Crippen LogP contribution in [0.25, 0.3) is 16.9 Å². The minimum Gasteiger partial charge on any atom is -0.497 e. The zero-order valence-corrected chi connectivity index (χ0v) is 21.6. The van der Waals surface area contributed by atoms with Crippen molar-refractivity contribution < 1.29 is 23.8 Å². The fourth-order valence-electron chi connectivity index (χ4n) is 4.14. The molecule has 3 aromatic carbocycles. The molecule has 0 radical (unpaired) electrons. The molecule has 4 aromatic rings. The van der Waals surface area contributed by atoms with E-state index in [9.17, 15) is 4.79 Å². The average Bonchev–Trinajstić information content (AvgIpc) is 3.30. The largest absolute Gasteiger partial charge is 0.497 e. The summed E-state index contributed by atoms with van der Waals surface area (Å²) in [4.78, 5) is 17.3. The van der Waals surface area contributed by atoms with Gasteiger partial charge in [0.1, 0.15) is 18.1 Å². The van der Waals surface area contributed by atoms with Gasteiger partial charge in [0, 0.05) is 22.5 Å². The van der Waals surface area contributed by atoms with E-state index < -0.39 is 0 Å². The van der Waals surface area contributed by atoms with Crippen molar-refractivity contribution >= 4 is 11.7 Å². The number of nitrogens with zero attached hydrogens (tertiary/aromatic N) is 2. The van der Waals surface area contributed by atoms with E-state index in [-0.39, 0.29) is 12.6 Å². The first kappa shape index (κ1) is 25.6. The molecule has 0 aliphatic heterocycles. The molecule has 4 rings (SSSR count). The molecule has 0 unspecified atom stereocenters. The monoisotopic (exact) mass is 498 g/mol. The summed E-state index contributed by atoms with van der Waals surface area (Å²) < 4.78 is 17.7. The lowest BCUT2D eigenvalue weighted by Crippen LogP contribution is -2.03. The van der Waals surface area contributed by atoms with Crippen LogP contribution in [0, 0.1) is 6.92 Å². The molecule has 7 nitrogen and oxygen atoms in total. The number of hydrogen-bond donors (Lipinski definition) is 0. The van der Waals surface area contributed by atoms with Crippen LogP contribution in [-0.2, 0) is 16.2 Å². The third-order valence-corrected chi connectivity index (χ3v) is 6.14. The Kier molecular flexibility index (Phi) is 7.93. The first-order valence-corrected chi connectivity index (χ1v) is 11.8. The molecular formula is C30H30N2O5. The molecule has 1 aromatic heterocycles. The van der Waals surface area contributed by atoms with Gasteiger partial charge in [0.2, 0.25) is 0 Å². The Balaban J connectivity index is 1.65. The number of methoxy groups -OCH3 is 3. The quantitative estimate of drug-likeness (QED) is 0.156. The molecule has 0 atom stereocenters. The van der Waals surface area contributed by atoms with Gasteiger partial charge in [0.15, 0.2) is 0 Å². The van der Waals surface area contributed by atoms with Gasteiger partial charge in [0.05, 0.1) is 38.3 Å². The number of benzene rings is 3. The number of esters is 1. The topological polar surface area (TPSA) is 71.3 Å². The predicted octanol–water partition coefficient (Wildman–Crippen LogP) is 6.20. The summed E-state index contributed by atoms with van der Waals surface area (Å²) in [5.41, 5.74) is 7.15. The van der Waals surface area contributed by atoms with Gasteiger partial charge >= 0.3 is 5.97 Å². The van der Waals surface area contributed by atoms with Crippen molar-refractivity contribution in [1.29, 1.82) is 0 Å². The van der Waals surface area contributed by atoms with Crippen LogP contribution < -0.4 is 9.47 Å². The van der Waals surface area contributed by atoms with Crippen molar-refractivity contribution in [2.75, 3.05) is 21.3 Å². The second-order valence-corrected chi connectivity index (χ2v) is 8.43. The van der Waals surface area contributed by atoms with Gasteiger partial charge < -0.3 is 23.6 Å². The zero-order valence-electron chi connectivity index (χ0n) is 21.6. The van der Waals surface area contributed by atoms with Crippen molar-refractivity contribution in [3.63, 3.8) is 0 Å². The highest BCUT2D eigenvalue weighted by Gasteiger charge is 2.18.